The number of aromatic nitrogens is 1. The first-order valence-corrected chi connectivity index (χ1v) is 8.43. The van der Waals surface area contributed by atoms with Gasteiger partial charge in [-0.3, -0.25) is 4.79 Å². The molecule has 5 nitrogen and oxygen atoms in total. The average molecular weight is 355 g/mol. The Bertz CT molecular complexity index is 890. The molecule has 128 valence electrons. The normalized spacial score (nSPS) is 10.5. The summed E-state index contributed by atoms with van der Waals surface area (Å²) in [5.41, 5.74) is 2.40. The number of aliphatic carboxylic acids is 1. The van der Waals surface area contributed by atoms with Crippen molar-refractivity contribution >= 4 is 17.3 Å². The predicted octanol–water partition coefficient (Wildman–Crippen LogP) is 4.12. The SMILES string of the molecule is COc1ccc(-c2nc(-c3ccccc3)c(CC(=O)O)s2)c(OC)c1. The topological polar surface area (TPSA) is 68.7 Å². The average Bonchev–Trinajstić information content (AvgIpc) is 3.04. The maximum absolute atomic E-state index is 11.2. The Labute approximate surface area is 149 Å². The molecular weight excluding hydrogens is 338 g/mol. The Morgan fingerprint density at radius 2 is 1.88 bits per heavy atom. The van der Waals surface area contributed by atoms with Gasteiger partial charge in [0.2, 0.25) is 0 Å². The summed E-state index contributed by atoms with van der Waals surface area (Å²) in [6, 6.07) is 15.1. The van der Waals surface area contributed by atoms with Crippen LogP contribution in [0.3, 0.4) is 0 Å². The maximum atomic E-state index is 11.2. The minimum absolute atomic E-state index is 0.0691. The van der Waals surface area contributed by atoms with Crippen LogP contribution < -0.4 is 9.47 Å². The van der Waals surface area contributed by atoms with Crippen LogP contribution in [0.4, 0.5) is 0 Å². The molecule has 0 aliphatic heterocycles. The maximum Gasteiger partial charge on any atom is 0.308 e. The molecule has 0 unspecified atom stereocenters. The molecule has 3 rings (SSSR count). The first kappa shape index (κ1) is 17.0. The number of hydrogen-bond acceptors (Lipinski definition) is 5. The van der Waals surface area contributed by atoms with E-state index in [1.54, 1.807) is 20.3 Å². The Hall–Kier alpha value is -2.86. The Morgan fingerprint density at radius 1 is 1.12 bits per heavy atom. The minimum atomic E-state index is -0.880. The highest BCUT2D eigenvalue weighted by Gasteiger charge is 2.19. The van der Waals surface area contributed by atoms with Crippen molar-refractivity contribution in [2.75, 3.05) is 14.2 Å². The molecule has 0 radical (unpaired) electrons. The summed E-state index contributed by atoms with van der Waals surface area (Å²) in [5.74, 6) is 0.440. The number of carbonyl (C=O) groups is 1. The zero-order chi connectivity index (χ0) is 17.8. The van der Waals surface area contributed by atoms with Crippen LogP contribution in [-0.4, -0.2) is 30.3 Å². The zero-order valence-electron chi connectivity index (χ0n) is 13.9. The van der Waals surface area contributed by atoms with E-state index in [0.717, 1.165) is 16.1 Å². The lowest BCUT2D eigenvalue weighted by Gasteiger charge is -2.08. The van der Waals surface area contributed by atoms with Gasteiger partial charge in [0.1, 0.15) is 16.5 Å². The molecule has 0 aliphatic carbocycles. The van der Waals surface area contributed by atoms with Crippen LogP contribution >= 0.6 is 11.3 Å². The van der Waals surface area contributed by atoms with Crippen molar-refractivity contribution in [3.8, 4) is 33.3 Å². The van der Waals surface area contributed by atoms with Gasteiger partial charge in [0.15, 0.2) is 0 Å². The van der Waals surface area contributed by atoms with Crippen LogP contribution in [0.2, 0.25) is 0 Å². The molecule has 3 aromatic rings. The predicted molar refractivity (Wildman–Crippen MR) is 97.4 cm³/mol. The standard InChI is InChI=1S/C19H17NO4S/c1-23-13-8-9-14(15(10-13)24-2)19-20-18(12-6-4-3-5-7-12)16(25-19)11-17(21)22/h3-10H,11H2,1-2H3,(H,21,22). The molecule has 0 atom stereocenters. The highest BCUT2D eigenvalue weighted by molar-refractivity contribution is 7.15. The molecule has 1 heterocycles. The van der Waals surface area contributed by atoms with Crippen LogP contribution in [0.15, 0.2) is 48.5 Å². The van der Waals surface area contributed by atoms with E-state index < -0.39 is 5.97 Å². The van der Waals surface area contributed by atoms with Gasteiger partial charge >= 0.3 is 5.97 Å². The number of methoxy groups -OCH3 is 2. The van der Waals surface area contributed by atoms with E-state index >= 15 is 0 Å². The number of rotatable bonds is 6. The summed E-state index contributed by atoms with van der Waals surface area (Å²) in [6.45, 7) is 0. The van der Waals surface area contributed by atoms with Crippen molar-refractivity contribution < 1.29 is 19.4 Å². The molecule has 0 aliphatic rings. The molecule has 2 aromatic carbocycles. The molecule has 6 heteroatoms. The van der Waals surface area contributed by atoms with E-state index in [1.165, 1.54) is 11.3 Å². The van der Waals surface area contributed by atoms with Crippen LogP contribution in [0.1, 0.15) is 4.88 Å². The largest absolute Gasteiger partial charge is 0.497 e. The number of nitrogens with zero attached hydrogens (tertiary/aromatic N) is 1. The van der Waals surface area contributed by atoms with Gasteiger partial charge in [0, 0.05) is 16.5 Å². The molecule has 0 saturated heterocycles. The number of carboxylic acid groups (broad SMARTS) is 1. The summed E-state index contributed by atoms with van der Waals surface area (Å²) in [7, 11) is 3.18. The first-order valence-electron chi connectivity index (χ1n) is 7.61. The van der Waals surface area contributed by atoms with Crippen molar-refractivity contribution in [2.24, 2.45) is 0 Å². The second kappa shape index (κ2) is 7.36. The molecular formula is C19H17NO4S. The van der Waals surface area contributed by atoms with Gasteiger partial charge in [-0.15, -0.1) is 11.3 Å². The van der Waals surface area contributed by atoms with Crippen molar-refractivity contribution in [3.05, 3.63) is 53.4 Å². The van der Waals surface area contributed by atoms with Gasteiger partial charge in [-0.25, -0.2) is 4.98 Å². The molecule has 25 heavy (non-hydrogen) atoms. The van der Waals surface area contributed by atoms with Crippen molar-refractivity contribution in [1.82, 2.24) is 4.98 Å². The lowest BCUT2D eigenvalue weighted by molar-refractivity contribution is -0.136. The molecule has 1 aromatic heterocycles. The van der Waals surface area contributed by atoms with Crippen LogP contribution in [0.5, 0.6) is 11.5 Å². The number of benzene rings is 2. The van der Waals surface area contributed by atoms with Crippen molar-refractivity contribution in [1.29, 1.82) is 0 Å². The number of ether oxygens (including phenoxy) is 2. The molecule has 0 bridgehead atoms. The first-order chi connectivity index (χ1) is 12.1. The Morgan fingerprint density at radius 3 is 2.52 bits per heavy atom. The molecule has 0 amide bonds. The smallest absolute Gasteiger partial charge is 0.308 e. The summed E-state index contributed by atoms with van der Waals surface area (Å²) >= 11 is 1.37. The fourth-order valence-electron chi connectivity index (χ4n) is 2.52. The lowest BCUT2D eigenvalue weighted by Crippen LogP contribution is -1.99. The zero-order valence-corrected chi connectivity index (χ0v) is 14.7. The fraction of sp³-hybridized carbons (Fsp3) is 0.158. The van der Waals surface area contributed by atoms with Gasteiger partial charge in [0.25, 0.3) is 0 Å². The van der Waals surface area contributed by atoms with Gasteiger partial charge in [-0.1, -0.05) is 30.3 Å². The quantitative estimate of drug-likeness (QED) is 0.720. The van der Waals surface area contributed by atoms with Crippen LogP contribution in [0, 0.1) is 0 Å². The van der Waals surface area contributed by atoms with Gasteiger partial charge in [-0.05, 0) is 12.1 Å². The van der Waals surface area contributed by atoms with E-state index in [-0.39, 0.29) is 6.42 Å². The van der Waals surface area contributed by atoms with Gasteiger partial charge in [-0.2, -0.15) is 0 Å². The minimum Gasteiger partial charge on any atom is -0.497 e. The van der Waals surface area contributed by atoms with Crippen LogP contribution in [0.25, 0.3) is 21.8 Å². The molecule has 0 spiro atoms. The van der Waals surface area contributed by atoms with Gasteiger partial charge < -0.3 is 14.6 Å². The van der Waals surface area contributed by atoms with Gasteiger partial charge in [0.05, 0.1) is 31.9 Å². The number of hydrogen-bond donors (Lipinski definition) is 1. The van der Waals surface area contributed by atoms with Crippen molar-refractivity contribution in [3.63, 3.8) is 0 Å². The van der Waals surface area contributed by atoms with E-state index in [2.05, 4.69) is 0 Å². The third-order valence-electron chi connectivity index (χ3n) is 3.70. The second-order valence-electron chi connectivity index (χ2n) is 5.29. The summed E-state index contributed by atoms with van der Waals surface area (Å²) in [4.78, 5) is 16.7. The molecule has 1 N–H and O–H groups in total. The lowest BCUT2D eigenvalue weighted by atomic mass is 10.1. The van der Waals surface area contributed by atoms with E-state index in [9.17, 15) is 9.90 Å². The second-order valence-corrected chi connectivity index (χ2v) is 6.38. The Kier molecular flexibility index (Phi) is 5.00. The molecule has 0 saturated carbocycles. The summed E-state index contributed by atoms with van der Waals surface area (Å²) in [6.07, 6.45) is -0.0691. The van der Waals surface area contributed by atoms with E-state index in [4.69, 9.17) is 14.5 Å². The Balaban J connectivity index is 2.12. The summed E-state index contributed by atoms with van der Waals surface area (Å²) < 4.78 is 10.7. The van der Waals surface area contributed by atoms with Crippen molar-refractivity contribution in [2.45, 2.75) is 6.42 Å². The number of thiazole rings is 1. The van der Waals surface area contributed by atoms with Crippen LogP contribution in [-0.2, 0) is 11.2 Å². The van der Waals surface area contributed by atoms with E-state index in [0.29, 0.717) is 22.1 Å². The van der Waals surface area contributed by atoms with E-state index in [1.807, 2.05) is 42.5 Å². The number of carboxylic acids is 1. The highest BCUT2D eigenvalue weighted by atomic mass is 32.1. The molecule has 0 fully saturated rings. The third-order valence-corrected chi connectivity index (χ3v) is 4.78. The highest BCUT2D eigenvalue weighted by Crippen LogP contribution is 2.39. The third kappa shape index (κ3) is 3.64. The monoisotopic (exact) mass is 355 g/mol. The fourth-order valence-corrected chi connectivity index (χ4v) is 3.63. The summed E-state index contributed by atoms with van der Waals surface area (Å²) in [5, 5.41) is 9.94.